The highest BCUT2D eigenvalue weighted by Crippen LogP contribution is 2.44. The number of aliphatic hydroxyl groups is 1. The van der Waals surface area contributed by atoms with E-state index in [2.05, 4.69) is 60.0 Å². The van der Waals surface area contributed by atoms with Gasteiger partial charge in [-0.05, 0) is 23.1 Å². The lowest BCUT2D eigenvalue weighted by Gasteiger charge is -2.24. The van der Waals surface area contributed by atoms with Gasteiger partial charge in [0.05, 0.1) is 5.60 Å². The van der Waals surface area contributed by atoms with Gasteiger partial charge in [-0.2, -0.15) is 0 Å². The molecule has 114 valence electrons. The van der Waals surface area contributed by atoms with Gasteiger partial charge in [0.25, 0.3) is 0 Å². The van der Waals surface area contributed by atoms with Gasteiger partial charge < -0.3 is 5.11 Å². The van der Waals surface area contributed by atoms with Gasteiger partial charge in [-0.15, -0.1) is 0 Å². The molecule has 0 spiro atoms. The van der Waals surface area contributed by atoms with Crippen LogP contribution in [-0.4, -0.2) is 22.2 Å². The van der Waals surface area contributed by atoms with Gasteiger partial charge in [0.1, 0.15) is 0 Å². The molecule has 22 heavy (non-hydrogen) atoms. The molecule has 1 atom stereocenters. The third-order valence-electron chi connectivity index (χ3n) is 4.38. The van der Waals surface area contributed by atoms with Gasteiger partial charge in [0.2, 0.25) is 0 Å². The van der Waals surface area contributed by atoms with Crippen LogP contribution in [0.2, 0.25) is 0 Å². The van der Waals surface area contributed by atoms with E-state index in [1.54, 1.807) is 0 Å². The van der Waals surface area contributed by atoms with Crippen molar-refractivity contribution in [1.29, 1.82) is 0 Å². The zero-order valence-corrected chi connectivity index (χ0v) is 12.9. The largest absolute Gasteiger partial charge is 0.385 e. The second kappa shape index (κ2) is 6.47. The third-order valence-corrected chi connectivity index (χ3v) is 4.38. The molecule has 1 aliphatic rings. The van der Waals surface area contributed by atoms with Crippen LogP contribution in [0, 0.1) is 0 Å². The minimum atomic E-state index is -0.606. The van der Waals surface area contributed by atoms with E-state index < -0.39 is 5.60 Å². The average Bonchev–Trinajstić information content (AvgIpc) is 3.14. The standard InChI is InChI=1S/C20H23NO/c1-17-14-20(17,22)12-13-21(15-18-8-4-2-5-9-18)16-19-10-6-3-7-11-19/h2-11,22H,1,12-16H2. The Hall–Kier alpha value is -1.90. The van der Waals surface area contributed by atoms with Crippen molar-refractivity contribution in [1.82, 2.24) is 4.90 Å². The first-order chi connectivity index (χ1) is 10.7. The van der Waals surface area contributed by atoms with E-state index in [1.165, 1.54) is 11.1 Å². The van der Waals surface area contributed by atoms with Crippen LogP contribution in [0.1, 0.15) is 24.0 Å². The minimum Gasteiger partial charge on any atom is -0.385 e. The van der Waals surface area contributed by atoms with Crippen LogP contribution in [0.3, 0.4) is 0 Å². The molecule has 1 saturated carbocycles. The van der Waals surface area contributed by atoms with E-state index in [0.29, 0.717) is 0 Å². The molecule has 0 saturated heterocycles. The van der Waals surface area contributed by atoms with Crippen LogP contribution >= 0.6 is 0 Å². The summed E-state index contributed by atoms with van der Waals surface area (Å²) >= 11 is 0. The van der Waals surface area contributed by atoms with Crippen molar-refractivity contribution in [2.75, 3.05) is 6.54 Å². The van der Waals surface area contributed by atoms with Crippen LogP contribution < -0.4 is 0 Å². The summed E-state index contributed by atoms with van der Waals surface area (Å²) < 4.78 is 0. The van der Waals surface area contributed by atoms with E-state index in [-0.39, 0.29) is 0 Å². The molecule has 1 unspecified atom stereocenters. The summed E-state index contributed by atoms with van der Waals surface area (Å²) in [5, 5.41) is 10.3. The molecule has 2 nitrogen and oxygen atoms in total. The van der Waals surface area contributed by atoms with Crippen molar-refractivity contribution in [2.45, 2.75) is 31.5 Å². The predicted octanol–water partition coefficient (Wildman–Crippen LogP) is 3.77. The Balaban J connectivity index is 1.66. The zero-order valence-electron chi connectivity index (χ0n) is 12.9. The summed E-state index contributed by atoms with van der Waals surface area (Å²) in [5.41, 5.74) is 2.98. The number of benzene rings is 2. The Morgan fingerprint density at radius 3 is 1.77 bits per heavy atom. The average molecular weight is 293 g/mol. The molecule has 3 rings (SSSR count). The van der Waals surface area contributed by atoms with Crippen molar-refractivity contribution < 1.29 is 5.11 Å². The number of nitrogens with zero attached hydrogens (tertiary/aromatic N) is 1. The fourth-order valence-electron chi connectivity index (χ4n) is 2.81. The van der Waals surface area contributed by atoms with E-state index in [9.17, 15) is 5.11 Å². The summed E-state index contributed by atoms with van der Waals surface area (Å²) in [6.45, 7) is 6.57. The van der Waals surface area contributed by atoms with Crippen molar-refractivity contribution in [3.63, 3.8) is 0 Å². The fraction of sp³-hybridized carbons (Fsp3) is 0.300. The van der Waals surface area contributed by atoms with Gasteiger partial charge in [0, 0.05) is 26.1 Å². The van der Waals surface area contributed by atoms with E-state index in [0.717, 1.165) is 38.0 Å². The smallest absolute Gasteiger partial charge is 0.0905 e. The normalized spacial score (nSPS) is 20.4. The number of rotatable bonds is 7. The molecule has 1 aliphatic carbocycles. The molecule has 2 aromatic rings. The predicted molar refractivity (Wildman–Crippen MR) is 90.3 cm³/mol. The lowest BCUT2D eigenvalue weighted by atomic mass is 10.1. The lowest BCUT2D eigenvalue weighted by molar-refractivity contribution is 0.126. The summed E-state index contributed by atoms with van der Waals surface area (Å²) in [7, 11) is 0. The minimum absolute atomic E-state index is 0.606. The highest BCUT2D eigenvalue weighted by atomic mass is 16.3. The first-order valence-electron chi connectivity index (χ1n) is 7.86. The van der Waals surface area contributed by atoms with Crippen molar-refractivity contribution in [2.24, 2.45) is 0 Å². The molecule has 2 aromatic carbocycles. The number of hydrogen-bond acceptors (Lipinski definition) is 2. The van der Waals surface area contributed by atoms with E-state index in [1.807, 2.05) is 12.1 Å². The van der Waals surface area contributed by atoms with Gasteiger partial charge in [-0.25, -0.2) is 0 Å². The Morgan fingerprint density at radius 2 is 1.36 bits per heavy atom. The topological polar surface area (TPSA) is 23.5 Å². The molecule has 1 fully saturated rings. The molecule has 0 aromatic heterocycles. The van der Waals surface area contributed by atoms with Gasteiger partial charge in [-0.3, -0.25) is 4.90 Å². The fourth-order valence-corrected chi connectivity index (χ4v) is 2.81. The highest BCUT2D eigenvalue weighted by Gasteiger charge is 2.44. The monoisotopic (exact) mass is 293 g/mol. The van der Waals surface area contributed by atoms with Gasteiger partial charge in [0.15, 0.2) is 0 Å². The summed E-state index contributed by atoms with van der Waals surface area (Å²) in [5.74, 6) is 0. The maximum Gasteiger partial charge on any atom is 0.0905 e. The van der Waals surface area contributed by atoms with Crippen LogP contribution in [0.15, 0.2) is 72.8 Å². The second-order valence-corrected chi connectivity index (χ2v) is 6.24. The Labute approximate surface area is 132 Å². The first kappa shape index (κ1) is 15.0. The Morgan fingerprint density at radius 1 is 0.909 bits per heavy atom. The molecule has 0 bridgehead atoms. The lowest BCUT2D eigenvalue weighted by Crippen LogP contribution is -2.27. The molecule has 2 heteroatoms. The van der Waals surface area contributed by atoms with Crippen LogP contribution in [0.5, 0.6) is 0 Å². The van der Waals surface area contributed by atoms with Crippen molar-refractivity contribution in [3.8, 4) is 0 Å². The maximum absolute atomic E-state index is 10.3. The third kappa shape index (κ3) is 3.85. The highest BCUT2D eigenvalue weighted by molar-refractivity contribution is 5.32. The second-order valence-electron chi connectivity index (χ2n) is 6.24. The van der Waals surface area contributed by atoms with Gasteiger partial charge >= 0.3 is 0 Å². The molecular weight excluding hydrogens is 270 g/mol. The van der Waals surface area contributed by atoms with Crippen LogP contribution in [-0.2, 0) is 13.1 Å². The van der Waals surface area contributed by atoms with Crippen LogP contribution in [0.4, 0.5) is 0 Å². The summed E-state index contributed by atoms with van der Waals surface area (Å²) in [6.07, 6.45) is 1.53. The Bertz CT molecular complexity index is 581. The van der Waals surface area contributed by atoms with E-state index >= 15 is 0 Å². The quantitative estimate of drug-likeness (QED) is 0.786. The van der Waals surface area contributed by atoms with Crippen LogP contribution in [0.25, 0.3) is 0 Å². The van der Waals surface area contributed by atoms with Gasteiger partial charge in [-0.1, -0.05) is 67.2 Å². The zero-order chi connectivity index (χ0) is 15.4. The molecule has 0 amide bonds. The molecule has 0 aliphatic heterocycles. The van der Waals surface area contributed by atoms with E-state index in [4.69, 9.17) is 0 Å². The molecule has 0 heterocycles. The number of hydrogen-bond donors (Lipinski definition) is 1. The molecule has 0 radical (unpaired) electrons. The summed E-state index contributed by atoms with van der Waals surface area (Å²) in [4.78, 5) is 2.40. The summed E-state index contributed by atoms with van der Waals surface area (Å²) in [6, 6.07) is 21.0. The SMILES string of the molecule is C=C1CC1(O)CCN(Cc1ccccc1)Cc1ccccc1. The first-order valence-corrected chi connectivity index (χ1v) is 7.86. The van der Waals surface area contributed by atoms with Crippen molar-refractivity contribution in [3.05, 3.63) is 83.9 Å². The van der Waals surface area contributed by atoms with Crippen molar-refractivity contribution >= 4 is 0 Å². The molecular formula is C20H23NO. The molecule has 1 N–H and O–H groups in total. The Kier molecular flexibility index (Phi) is 4.41. The maximum atomic E-state index is 10.3.